The molecule has 0 aromatic carbocycles. The second-order valence-corrected chi connectivity index (χ2v) is 2.20. The fraction of sp³-hybridized carbons (Fsp3) is 0.600. The minimum Gasteiger partial charge on any atom is -0.439 e. The van der Waals surface area contributed by atoms with Crippen molar-refractivity contribution >= 4 is 12.4 Å². The molecule has 0 aliphatic heterocycles. The van der Waals surface area contributed by atoms with E-state index in [-0.39, 0.29) is 5.96 Å². The van der Waals surface area contributed by atoms with E-state index in [0.29, 0.717) is 19.3 Å². The zero-order valence-electron chi connectivity index (χ0n) is 5.41. The van der Waals surface area contributed by atoms with Crippen molar-refractivity contribution in [1.82, 2.24) is 0 Å². The van der Waals surface area contributed by atoms with E-state index in [2.05, 4.69) is 9.73 Å². The summed E-state index contributed by atoms with van der Waals surface area (Å²) in [5.41, 5.74) is 9.45. The molecule has 1 rings (SSSR count). The predicted molar refractivity (Wildman–Crippen MR) is 34.9 cm³/mol. The van der Waals surface area contributed by atoms with Crippen LogP contribution in [0.2, 0.25) is 0 Å². The molecule has 56 valence electrons. The highest BCUT2D eigenvalue weighted by molar-refractivity contribution is 5.76. The molecule has 0 aromatic rings. The first-order valence-electron chi connectivity index (χ1n) is 2.91. The van der Waals surface area contributed by atoms with E-state index in [0.717, 1.165) is 0 Å². The van der Waals surface area contributed by atoms with Crippen molar-refractivity contribution < 1.29 is 9.53 Å². The molecule has 0 saturated heterocycles. The zero-order chi connectivity index (χ0) is 7.61. The van der Waals surface area contributed by atoms with Gasteiger partial charge >= 0.3 is 0 Å². The SMILES string of the molecule is NC(N)=NC1(OC=O)CC1. The highest BCUT2D eigenvalue weighted by Crippen LogP contribution is 2.39. The Morgan fingerprint density at radius 1 is 1.60 bits per heavy atom. The molecule has 0 aromatic heterocycles. The number of hydrogen-bond acceptors (Lipinski definition) is 3. The minimum atomic E-state index is -0.708. The lowest BCUT2D eigenvalue weighted by molar-refractivity contribution is -0.134. The number of ether oxygens (including phenoxy) is 1. The van der Waals surface area contributed by atoms with Crippen LogP contribution < -0.4 is 11.5 Å². The molecule has 0 radical (unpaired) electrons. The number of nitrogens with zero attached hydrogens (tertiary/aromatic N) is 1. The Balaban J connectivity index is 2.52. The average molecular weight is 143 g/mol. The molecule has 0 amide bonds. The Kier molecular flexibility index (Phi) is 1.48. The molecule has 1 fully saturated rings. The summed E-state index contributed by atoms with van der Waals surface area (Å²) in [5.74, 6) is -0.0423. The lowest BCUT2D eigenvalue weighted by Gasteiger charge is -2.05. The van der Waals surface area contributed by atoms with Gasteiger partial charge in [0.2, 0.25) is 5.72 Å². The number of rotatable bonds is 3. The minimum absolute atomic E-state index is 0.0423. The highest BCUT2D eigenvalue weighted by Gasteiger charge is 2.45. The van der Waals surface area contributed by atoms with Crippen molar-refractivity contribution in [1.29, 1.82) is 0 Å². The Morgan fingerprint density at radius 2 is 2.20 bits per heavy atom. The van der Waals surface area contributed by atoms with Gasteiger partial charge in [-0.25, -0.2) is 4.99 Å². The van der Waals surface area contributed by atoms with Crippen LogP contribution >= 0.6 is 0 Å². The molecule has 1 saturated carbocycles. The van der Waals surface area contributed by atoms with E-state index in [4.69, 9.17) is 11.5 Å². The number of carbonyl (C=O) groups is 1. The molecule has 4 N–H and O–H groups in total. The summed E-state index contributed by atoms with van der Waals surface area (Å²) >= 11 is 0. The van der Waals surface area contributed by atoms with Gasteiger partial charge in [0.25, 0.3) is 6.47 Å². The lowest BCUT2D eigenvalue weighted by atomic mass is 10.6. The van der Waals surface area contributed by atoms with Crippen LogP contribution in [0.15, 0.2) is 4.99 Å². The molecule has 0 spiro atoms. The van der Waals surface area contributed by atoms with Gasteiger partial charge < -0.3 is 16.2 Å². The number of aliphatic imine (C=N–C) groups is 1. The number of hydrogen-bond donors (Lipinski definition) is 2. The van der Waals surface area contributed by atoms with Crippen LogP contribution in [-0.4, -0.2) is 18.2 Å². The van der Waals surface area contributed by atoms with Gasteiger partial charge in [0.05, 0.1) is 0 Å². The van der Waals surface area contributed by atoms with Crippen LogP contribution in [0, 0.1) is 0 Å². The fourth-order valence-corrected chi connectivity index (χ4v) is 0.688. The molecule has 1 aliphatic rings. The Morgan fingerprint density at radius 3 is 2.50 bits per heavy atom. The van der Waals surface area contributed by atoms with Crippen LogP contribution in [0.5, 0.6) is 0 Å². The van der Waals surface area contributed by atoms with Crippen LogP contribution in [0.3, 0.4) is 0 Å². The van der Waals surface area contributed by atoms with E-state index in [9.17, 15) is 4.79 Å². The van der Waals surface area contributed by atoms with Gasteiger partial charge in [-0.2, -0.15) is 0 Å². The van der Waals surface area contributed by atoms with Crippen molar-refractivity contribution in [3.05, 3.63) is 0 Å². The quantitative estimate of drug-likeness (QED) is 0.299. The van der Waals surface area contributed by atoms with Gasteiger partial charge in [0.1, 0.15) is 0 Å². The Labute approximate surface area is 58.0 Å². The monoisotopic (exact) mass is 143 g/mol. The number of guanidine groups is 1. The summed E-state index contributed by atoms with van der Waals surface area (Å²) in [4.78, 5) is 13.6. The maximum Gasteiger partial charge on any atom is 0.295 e. The van der Waals surface area contributed by atoms with Crippen molar-refractivity contribution in [2.24, 2.45) is 16.5 Å². The third kappa shape index (κ3) is 1.37. The van der Waals surface area contributed by atoms with Crippen molar-refractivity contribution in [3.63, 3.8) is 0 Å². The molecule has 5 nitrogen and oxygen atoms in total. The summed E-state index contributed by atoms with van der Waals surface area (Å²) in [6.45, 7) is 0.361. The molecule has 5 heteroatoms. The van der Waals surface area contributed by atoms with Gasteiger partial charge in [-0.1, -0.05) is 0 Å². The van der Waals surface area contributed by atoms with Gasteiger partial charge in [0.15, 0.2) is 5.96 Å². The Bertz CT molecular complexity index is 170. The molecule has 0 unspecified atom stereocenters. The van der Waals surface area contributed by atoms with E-state index in [1.165, 1.54) is 0 Å². The standard InChI is InChI=1S/C5H9N3O2/c6-4(7)8-5(1-2-5)10-3-9/h3H,1-2H2,(H4,6,7,8). The normalized spacial score (nSPS) is 19.2. The summed E-state index contributed by atoms with van der Waals surface area (Å²) < 4.78 is 4.62. The maximum atomic E-state index is 9.87. The smallest absolute Gasteiger partial charge is 0.295 e. The van der Waals surface area contributed by atoms with Gasteiger partial charge in [-0.05, 0) is 0 Å². The first kappa shape index (κ1) is 6.85. The van der Waals surface area contributed by atoms with Gasteiger partial charge in [-0.3, -0.25) is 4.79 Å². The third-order valence-corrected chi connectivity index (χ3v) is 1.28. The maximum absolute atomic E-state index is 9.87. The summed E-state index contributed by atoms with van der Waals surface area (Å²) in [5, 5.41) is 0. The van der Waals surface area contributed by atoms with Crippen molar-refractivity contribution in [2.75, 3.05) is 0 Å². The van der Waals surface area contributed by atoms with Crippen molar-refractivity contribution in [3.8, 4) is 0 Å². The molecule has 10 heavy (non-hydrogen) atoms. The average Bonchev–Trinajstić information content (AvgIpc) is 2.47. The number of nitrogens with two attached hydrogens (primary N) is 2. The largest absolute Gasteiger partial charge is 0.439 e. The Hall–Kier alpha value is -1.26. The lowest BCUT2D eigenvalue weighted by Crippen LogP contribution is -2.27. The van der Waals surface area contributed by atoms with Gasteiger partial charge in [0, 0.05) is 12.8 Å². The molecule has 0 heterocycles. The molecule has 0 atom stereocenters. The van der Waals surface area contributed by atoms with Crippen LogP contribution in [-0.2, 0) is 9.53 Å². The summed E-state index contributed by atoms with van der Waals surface area (Å²) in [7, 11) is 0. The van der Waals surface area contributed by atoms with Crippen LogP contribution in [0.4, 0.5) is 0 Å². The first-order chi connectivity index (χ1) is 4.68. The second kappa shape index (κ2) is 2.17. The van der Waals surface area contributed by atoms with E-state index >= 15 is 0 Å². The highest BCUT2D eigenvalue weighted by atomic mass is 16.6. The summed E-state index contributed by atoms with van der Waals surface area (Å²) in [6, 6.07) is 0. The van der Waals surface area contributed by atoms with E-state index in [1.54, 1.807) is 0 Å². The first-order valence-corrected chi connectivity index (χ1v) is 2.91. The number of carbonyl (C=O) groups excluding carboxylic acids is 1. The van der Waals surface area contributed by atoms with Gasteiger partial charge in [-0.15, -0.1) is 0 Å². The van der Waals surface area contributed by atoms with Crippen LogP contribution in [0.1, 0.15) is 12.8 Å². The molecular formula is C5H9N3O2. The second-order valence-electron chi connectivity index (χ2n) is 2.20. The third-order valence-electron chi connectivity index (χ3n) is 1.28. The predicted octanol–water partition coefficient (Wildman–Crippen LogP) is -1.08. The molecular weight excluding hydrogens is 134 g/mol. The molecule has 0 bridgehead atoms. The zero-order valence-corrected chi connectivity index (χ0v) is 5.41. The van der Waals surface area contributed by atoms with E-state index in [1.807, 2.05) is 0 Å². The molecule has 1 aliphatic carbocycles. The van der Waals surface area contributed by atoms with Crippen molar-refractivity contribution in [2.45, 2.75) is 18.6 Å². The topological polar surface area (TPSA) is 90.7 Å². The van der Waals surface area contributed by atoms with E-state index < -0.39 is 5.72 Å². The van der Waals surface area contributed by atoms with Crippen LogP contribution in [0.25, 0.3) is 0 Å². The fourth-order valence-electron chi connectivity index (χ4n) is 0.688. The summed E-state index contributed by atoms with van der Waals surface area (Å²) in [6.07, 6.45) is 1.42.